The molecule has 22 heavy (non-hydrogen) atoms. The predicted octanol–water partition coefficient (Wildman–Crippen LogP) is 3.21. The lowest BCUT2D eigenvalue weighted by Crippen LogP contribution is -2.04. The Labute approximate surface area is 129 Å². The maximum atomic E-state index is 11.6. The first-order valence-corrected chi connectivity index (χ1v) is 6.97. The molecule has 0 unspecified atom stereocenters. The minimum atomic E-state index is -0.412. The van der Waals surface area contributed by atoms with Crippen LogP contribution in [0.5, 0.6) is 11.5 Å². The van der Waals surface area contributed by atoms with E-state index < -0.39 is 5.97 Å². The zero-order valence-corrected chi connectivity index (χ0v) is 12.3. The van der Waals surface area contributed by atoms with Crippen LogP contribution in [-0.4, -0.2) is 22.8 Å². The van der Waals surface area contributed by atoms with Crippen molar-refractivity contribution in [2.45, 2.75) is 13.3 Å². The highest BCUT2D eigenvalue weighted by Gasteiger charge is 2.00. The summed E-state index contributed by atoms with van der Waals surface area (Å²) in [7, 11) is 0. The average Bonchev–Trinajstić information content (AvgIpc) is 2.50. The minimum absolute atomic E-state index is 0.216. The van der Waals surface area contributed by atoms with Crippen LogP contribution in [0.3, 0.4) is 0 Å². The van der Waals surface area contributed by atoms with Crippen molar-refractivity contribution in [3.8, 4) is 11.5 Å². The van der Waals surface area contributed by atoms with E-state index in [-0.39, 0.29) is 18.1 Å². The number of aromatic hydroxyl groups is 2. The van der Waals surface area contributed by atoms with Crippen molar-refractivity contribution in [1.29, 1.82) is 0 Å². The van der Waals surface area contributed by atoms with Gasteiger partial charge in [-0.2, -0.15) is 0 Å². The number of carbonyl (C=O) groups is 1. The lowest BCUT2D eigenvalue weighted by molar-refractivity contribution is -0.137. The fourth-order valence-electron chi connectivity index (χ4n) is 1.93. The van der Waals surface area contributed by atoms with Crippen LogP contribution in [0.2, 0.25) is 0 Å². The third-order valence-electron chi connectivity index (χ3n) is 3.20. The average molecular weight is 298 g/mol. The van der Waals surface area contributed by atoms with Gasteiger partial charge in [0, 0.05) is 12.5 Å². The molecule has 0 amide bonds. The van der Waals surface area contributed by atoms with Crippen molar-refractivity contribution in [2.24, 2.45) is 0 Å². The number of hydrogen-bond acceptors (Lipinski definition) is 4. The molecular formula is C18H18O4. The molecule has 0 saturated heterocycles. The molecule has 0 spiro atoms. The molecular weight excluding hydrogens is 280 g/mol. The molecule has 0 aliphatic rings. The second-order valence-corrected chi connectivity index (χ2v) is 4.96. The van der Waals surface area contributed by atoms with E-state index in [2.05, 4.69) is 0 Å². The van der Waals surface area contributed by atoms with E-state index in [1.54, 1.807) is 55.5 Å². The summed E-state index contributed by atoms with van der Waals surface area (Å²) in [6.45, 7) is 2.07. The van der Waals surface area contributed by atoms with Crippen molar-refractivity contribution in [1.82, 2.24) is 0 Å². The number of benzene rings is 2. The quantitative estimate of drug-likeness (QED) is 0.657. The molecule has 0 saturated carbocycles. The summed E-state index contributed by atoms with van der Waals surface area (Å²) in [5.74, 6) is 0.0333. The van der Waals surface area contributed by atoms with Crippen LogP contribution in [0.1, 0.15) is 16.7 Å². The minimum Gasteiger partial charge on any atom is -0.508 e. The molecule has 0 aromatic heterocycles. The summed E-state index contributed by atoms with van der Waals surface area (Å²) in [6, 6.07) is 11.9. The molecule has 0 heterocycles. The molecule has 0 bridgehead atoms. The molecule has 2 N–H and O–H groups in total. The van der Waals surface area contributed by atoms with Crippen LogP contribution in [0.15, 0.2) is 48.5 Å². The highest BCUT2D eigenvalue weighted by Crippen LogP contribution is 2.17. The Hall–Kier alpha value is -2.75. The molecule has 2 aromatic rings. The van der Waals surface area contributed by atoms with Crippen LogP contribution in [0.25, 0.3) is 6.08 Å². The van der Waals surface area contributed by atoms with E-state index in [1.807, 2.05) is 0 Å². The van der Waals surface area contributed by atoms with E-state index in [9.17, 15) is 15.0 Å². The van der Waals surface area contributed by atoms with E-state index >= 15 is 0 Å². The van der Waals surface area contributed by atoms with Crippen LogP contribution in [0, 0.1) is 6.92 Å². The van der Waals surface area contributed by atoms with Crippen LogP contribution in [0.4, 0.5) is 0 Å². The largest absolute Gasteiger partial charge is 0.508 e. The molecule has 0 radical (unpaired) electrons. The zero-order chi connectivity index (χ0) is 15.9. The maximum Gasteiger partial charge on any atom is 0.330 e. The van der Waals surface area contributed by atoms with Crippen molar-refractivity contribution < 1.29 is 19.7 Å². The lowest BCUT2D eigenvalue weighted by atomic mass is 10.1. The van der Waals surface area contributed by atoms with Crippen LogP contribution >= 0.6 is 0 Å². The summed E-state index contributed by atoms with van der Waals surface area (Å²) >= 11 is 0. The summed E-state index contributed by atoms with van der Waals surface area (Å²) < 4.78 is 5.11. The van der Waals surface area contributed by atoms with Crippen molar-refractivity contribution in [2.75, 3.05) is 6.61 Å². The standard InChI is InChI=1S/C18H18O4/c1-13-12-15(4-8-17(13)20)5-9-18(21)22-11-10-14-2-6-16(19)7-3-14/h2-9,12,19-20H,10-11H2,1H3/b9-5+. The highest BCUT2D eigenvalue weighted by atomic mass is 16.5. The molecule has 2 rings (SSSR count). The fourth-order valence-corrected chi connectivity index (χ4v) is 1.93. The first kappa shape index (κ1) is 15.6. The molecule has 4 nitrogen and oxygen atoms in total. The Kier molecular flexibility index (Phi) is 5.20. The first-order chi connectivity index (χ1) is 10.5. The molecule has 0 atom stereocenters. The van der Waals surface area contributed by atoms with Crippen molar-refractivity contribution in [3.05, 3.63) is 65.2 Å². The molecule has 0 aliphatic carbocycles. The predicted molar refractivity (Wildman–Crippen MR) is 84.6 cm³/mol. The Morgan fingerprint density at radius 2 is 1.86 bits per heavy atom. The first-order valence-electron chi connectivity index (χ1n) is 6.97. The van der Waals surface area contributed by atoms with Gasteiger partial charge in [-0.25, -0.2) is 4.79 Å². The van der Waals surface area contributed by atoms with E-state index in [1.165, 1.54) is 6.08 Å². The second-order valence-electron chi connectivity index (χ2n) is 4.96. The van der Waals surface area contributed by atoms with Gasteiger partial charge >= 0.3 is 5.97 Å². The normalized spacial score (nSPS) is 10.8. The Bertz CT molecular complexity index is 672. The van der Waals surface area contributed by atoms with Gasteiger partial charge in [0.15, 0.2) is 0 Å². The summed E-state index contributed by atoms with van der Waals surface area (Å²) in [6.07, 6.45) is 3.61. The van der Waals surface area contributed by atoms with Gasteiger partial charge in [0.2, 0.25) is 0 Å². The number of hydrogen-bond donors (Lipinski definition) is 2. The third-order valence-corrected chi connectivity index (χ3v) is 3.20. The topological polar surface area (TPSA) is 66.8 Å². The Morgan fingerprint density at radius 3 is 2.55 bits per heavy atom. The maximum absolute atomic E-state index is 11.6. The Morgan fingerprint density at radius 1 is 1.14 bits per heavy atom. The molecule has 2 aromatic carbocycles. The number of carbonyl (C=O) groups excluding carboxylic acids is 1. The number of phenols is 2. The number of rotatable bonds is 5. The number of aryl methyl sites for hydroxylation is 1. The Balaban J connectivity index is 1.81. The fraction of sp³-hybridized carbons (Fsp3) is 0.167. The molecule has 0 aliphatic heterocycles. The lowest BCUT2D eigenvalue weighted by Gasteiger charge is -2.03. The SMILES string of the molecule is Cc1cc(/C=C/C(=O)OCCc2ccc(O)cc2)ccc1O. The van der Waals surface area contributed by atoms with Crippen LogP contribution in [-0.2, 0) is 16.0 Å². The number of esters is 1. The van der Waals surface area contributed by atoms with E-state index in [0.29, 0.717) is 6.42 Å². The van der Waals surface area contributed by atoms with Crippen molar-refractivity contribution >= 4 is 12.0 Å². The highest BCUT2D eigenvalue weighted by molar-refractivity contribution is 5.87. The van der Waals surface area contributed by atoms with Crippen LogP contribution < -0.4 is 0 Å². The van der Waals surface area contributed by atoms with Crippen molar-refractivity contribution in [3.63, 3.8) is 0 Å². The summed E-state index contributed by atoms with van der Waals surface area (Å²) in [5.41, 5.74) is 2.57. The van der Waals surface area contributed by atoms with Gasteiger partial charge in [0.1, 0.15) is 11.5 Å². The second kappa shape index (κ2) is 7.31. The molecule has 4 heteroatoms. The monoisotopic (exact) mass is 298 g/mol. The number of ether oxygens (including phenoxy) is 1. The van der Waals surface area contributed by atoms with Gasteiger partial charge in [-0.05, 0) is 54.0 Å². The number of phenolic OH excluding ortho intramolecular Hbond substituents is 2. The summed E-state index contributed by atoms with van der Waals surface area (Å²) in [5, 5.41) is 18.6. The van der Waals surface area contributed by atoms with Gasteiger partial charge in [0.05, 0.1) is 6.61 Å². The third kappa shape index (κ3) is 4.66. The van der Waals surface area contributed by atoms with Gasteiger partial charge in [-0.15, -0.1) is 0 Å². The smallest absolute Gasteiger partial charge is 0.330 e. The summed E-state index contributed by atoms with van der Waals surface area (Å²) in [4.78, 5) is 11.6. The van der Waals surface area contributed by atoms with E-state index in [4.69, 9.17) is 4.74 Å². The molecule has 0 fully saturated rings. The van der Waals surface area contributed by atoms with E-state index in [0.717, 1.165) is 16.7 Å². The van der Waals surface area contributed by atoms with Gasteiger partial charge in [0.25, 0.3) is 0 Å². The zero-order valence-electron chi connectivity index (χ0n) is 12.3. The van der Waals surface area contributed by atoms with Gasteiger partial charge in [-0.1, -0.05) is 18.2 Å². The van der Waals surface area contributed by atoms with Gasteiger partial charge < -0.3 is 14.9 Å². The van der Waals surface area contributed by atoms with Gasteiger partial charge in [-0.3, -0.25) is 0 Å². The molecule has 114 valence electrons.